The van der Waals surface area contributed by atoms with E-state index in [-0.39, 0.29) is 18.5 Å². The average Bonchev–Trinajstić information content (AvgIpc) is 2.97. The molecule has 0 bridgehead atoms. The van der Waals surface area contributed by atoms with Gasteiger partial charge in [-0.25, -0.2) is 0 Å². The number of nitrogens with zero attached hydrogens (tertiary/aromatic N) is 2. The fraction of sp³-hybridized carbons (Fsp3) is 0.833. The number of carbonyl (C=O) groups excluding carboxylic acids is 1. The molecule has 2 aliphatic rings. The van der Waals surface area contributed by atoms with Gasteiger partial charge in [0.25, 0.3) is 0 Å². The standard InChI is InChI=1S/C12H20N2O3/c1-9(15)14(10-4-5-10)7-11-3-2-6-13(11)8-12(16)17/h10-11H,2-8H2,1H3,(H,16,17)/t11-/m0/s1. The Morgan fingerprint density at radius 1 is 1.35 bits per heavy atom. The van der Waals surface area contributed by atoms with Gasteiger partial charge in [0.2, 0.25) is 5.91 Å². The zero-order chi connectivity index (χ0) is 12.4. The highest BCUT2D eigenvalue weighted by Crippen LogP contribution is 2.29. The largest absolute Gasteiger partial charge is 0.480 e. The fourth-order valence-electron chi connectivity index (χ4n) is 2.63. The van der Waals surface area contributed by atoms with E-state index in [2.05, 4.69) is 0 Å². The first-order valence-corrected chi connectivity index (χ1v) is 6.31. The van der Waals surface area contributed by atoms with Gasteiger partial charge in [0, 0.05) is 25.6 Å². The van der Waals surface area contributed by atoms with Crippen LogP contribution < -0.4 is 0 Å². The van der Waals surface area contributed by atoms with Crippen LogP contribution in [0.5, 0.6) is 0 Å². The number of carboxylic acid groups (broad SMARTS) is 1. The second-order valence-corrected chi connectivity index (χ2v) is 5.06. The van der Waals surface area contributed by atoms with E-state index < -0.39 is 5.97 Å². The van der Waals surface area contributed by atoms with E-state index in [9.17, 15) is 9.59 Å². The van der Waals surface area contributed by atoms with Crippen LogP contribution in [-0.2, 0) is 9.59 Å². The Labute approximate surface area is 101 Å². The van der Waals surface area contributed by atoms with E-state index in [4.69, 9.17) is 5.11 Å². The Morgan fingerprint density at radius 3 is 2.59 bits per heavy atom. The Balaban J connectivity index is 1.91. The van der Waals surface area contributed by atoms with E-state index in [1.165, 1.54) is 0 Å². The summed E-state index contributed by atoms with van der Waals surface area (Å²) in [5, 5.41) is 8.83. The summed E-state index contributed by atoms with van der Waals surface area (Å²) in [6, 6.07) is 0.648. The molecule has 1 heterocycles. The second kappa shape index (κ2) is 5.04. The van der Waals surface area contributed by atoms with Gasteiger partial charge in [0.05, 0.1) is 6.54 Å². The van der Waals surface area contributed by atoms with Gasteiger partial charge in [-0.2, -0.15) is 0 Å². The molecule has 0 aromatic heterocycles. The first-order chi connectivity index (χ1) is 8.08. The third kappa shape index (κ3) is 3.19. The first-order valence-electron chi connectivity index (χ1n) is 6.31. The summed E-state index contributed by atoms with van der Waals surface area (Å²) in [6.45, 7) is 3.25. The molecule has 1 saturated heterocycles. The number of hydrogen-bond acceptors (Lipinski definition) is 3. The third-order valence-corrected chi connectivity index (χ3v) is 3.64. The van der Waals surface area contributed by atoms with E-state index in [0.29, 0.717) is 12.6 Å². The highest BCUT2D eigenvalue weighted by Gasteiger charge is 2.35. The summed E-state index contributed by atoms with van der Waals surface area (Å²) >= 11 is 0. The molecule has 0 spiro atoms. The Hall–Kier alpha value is -1.10. The molecule has 1 N–H and O–H groups in total. The monoisotopic (exact) mass is 240 g/mol. The van der Waals surface area contributed by atoms with Crippen molar-refractivity contribution in [3.63, 3.8) is 0 Å². The second-order valence-electron chi connectivity index (χ2n) is 5.06. The van der Waals surface area contributed by atoms with Crippen LogP contribution in [0.15, 0.2) is 0 Å². The molecule has 2 fully saturated rings. The summed E-state index contributed by atoms with van der Waals surface area (Å²) in [5.41, 5.74) is 0. The molecule has 1 aliphatic heterocycles. The van der Waals surface area contributed by atoms with Crippen LogP contribution in [0.3, 0.4) is 0 Å². The molecule has 1 saturated carbocycles. The normalized spacial score (nSPS) is 24.9. The van der Waals surface area contributed by atoms with Gasteiger partial charge < -0.3 is 10.0 Å². The van der Waals surface area contributed by atoms with Crippen molar-refractivity contribution in [2.45, 2.75) is 44.7 Å². The van der Waals surface area contributed by atoms with E-state index in [0.717, 1.165) is 32.2 Å². The van der Waals surface area contributed by atoms with E-state index in [1.807, 2.05) is 9.80 Å². The molecule has 2 rings (SSSR count). The number of amides is 1. The van der Waals surface area contributed by atoms with Crippen molar-refractivity contribution in [3.05, 3.63) is 0 Å². The Morgan fingerprint density at radius 2 is 2.06 bits per heavy atom. The van der Waals surface area contributed by atoms with Gasteiger partial charge in [0.15, 0.2) is 0 Å². The highest BCUT2D eigenvalue weighted by atomic mass is 16.4. The fourth-order valence-corrected chi connectivity index (χ4v) is 2.63. The zero-order valence-corrected chi connectivity index (χ0v) is 10.3. The van der Waals surface area contributed by atoms with Crippen molar-refractivity contribution in [2.75, 3.05) is 19.6 Å². The molecule has 0 unspecified atom stereocenters. The zero-order valence-electron chi connectivity index (χ0n) is 10.3. The van der Waals surface area contributed by atoms with Crippen LogP contribution in [0.25, 0.3) is 0 Å². The molecule has 1 aliphatic carbocycles. The van der Waals surface area contributed by atoms with E-state index in [1.54, 1.807) is 6.92 Å². The van der Waals surface area contributed by atoms with Gasteiger partial charge in [0.1, 0.15) is 0 Å². The molecule has 17 heavy (non-hydrogen) atoms. The van der Waals surface area contributed by atoms with Crippen LogP contribution in [0.4, 0.5) is 0 Å². The summed E-state index contributed by atoms with van der Waals surface area (Å²) in [7, 11) is 0. The quantitative estimate of drug-likeness (QED) is 0.762. The van der Waals surface area contributed by atoms with Crippen LogP contribution >= 0.6 is 0 Å². The van der Waals surface area contributed by atoms with Crippen molar-refractivity contribution >= 4 is 11.9 Å². The number of aliphatic carboxylic acids is 1. The maximum Gasteiger partial charge on any atom is 0.317 e. The van der Waals surface area contributed by atoms with Gasteiger partial charge in [-0.15, -0.1) is 0 Å². The lowest BCUT2D eigenvalue weighted by Crippen LogP contribution is -2.44. The smallest absolute Gasteiger partial charge is 0.317 e. The minimum absolute atomic E-state index is 0.0983. The molecule has 0 aromatic carbocycles. The van der Waals surface area contributed by atoms with Crippen molar-refractivity contribution in [2.24, 2.45) is 0 Å². The third-order valence-electron chi connectivity index (χ3n) is 3.64. The molecule has 1 amide bonds. The maximum absolute atomic E-state index is 11.5. The predicted molar refractivity (Wildman–Crippen MR) is 62.6 cm³/mol. The van der Waals surface area contributed by atoms with Gasteiger partial charge in [-0.3, -0.25) is 14.5 Å². The molecule has 0 aromatic rings. The number of hydrogen-bond donors (Lipinski definition) is 1. The predicted octanol–water partition coefficient (Wildman–Crippen LogP) is 0.546. The first kappa shape index (κ1) is 12.4. The van der Waals surface area contributed by atoms with Gasteiger partial charge in [-0.05, 0) is 32.2 Å². The SMILES string of the molecule is CC(=O)N(C[C@@H]1CCCN1CC(=O)O)C1CC1. The molecular formula is C12H20N2O3. The van der Waals surface area contributed by atoms with Crippen molar-refractivity contribution in [1.82, 2.24) is 9.80 Å². The summed E-state index contributed by atoms with van der Waals surface area (Å²) in [5.74, 6) is -0.660. The lowest BCUT2D eigenvalue weighted by Gasteiger charge is -2.29. The molecule has 5 nitrogen and oxygen atoms in total. The van der Waals surface area contributed by atoms with Crippen molar-refractivity contribution in [1.29, 1.82) is 0 Å². The molecule has 1 atom stereocenters. The average molecular weight is 240 g/mol. The lowest BCUT2D eigenvalue weighted by atomic mass is 10.2. The van der Waals surface area contributed by atoms with Crippen LogP contribution in [0, 0.1) is 0 Å². The summed E-state index contributed by atoms with van der Waals surface area (Å²) in [6.07, 6.45) is 4.24. The Kier molecular flexibility index (Phi) is 3.66. The highest BCUT2D eigenvalue weighted by molar-refractivity contribution is 5.74. The Bertz CT molecular complexity index is 315. The van der Waals surface area contributed by atoms with Crippen molar-refractivity contribution in [3.8, 4) is 0 Å². The lowest BCUT2D eigenvalue weighted by molar-refractivity contribution is -0.138. The number of carbonyl (C=O) groups is 2. The van der Waals surface area contributed by atoms with Crippen molar-refractivity contribution < 1.29 is 14.7 Å². The number of likely N-dealkylation sites (tertiary alicyclic amines) is 1. The molecule has 0 radical (unpaired) electrons. The number of carboxylic acids is 1. The molecule has 5 heteroatoms. The summed E-state index contributed by atoms with van der Waals surface area (Å²) in [4.78, 5) is 26.2. The van der Waals surface area contributed by atoms with Gasteiger partial charge in [-0.1, -0.05) is 0 Å². The van der Waals surface area contributed by atoms with E-state index >= 15 is 0 Å². The summed E-state index contributed by atoms with van der Waals surface area (Å²) < 4.78 is 0. The van der Waals surface area contributed by atoms with Crippen LogP contribution in [0.2, 0.25) is 0 Å². The topological polar surface area (TPSA) is 60.9 Å². The van der Waals surface area contributed by atoms with Gasteiger partial charge >= 0.3 is 5.97 Å². The van der Waals surface area contributed by atoms with Crippen LogP contribution in [0.1, 0.15) is 32.6 Å². The minimum Gasteiger partial charge on any atom is -0.480 e. The van der Waals surface area contributed by atoms with Crippen LogP contribution in [-0.4, -0.2) is 58.5 Å². The minimum atomic E-state index is -0.780. The number of rotatable bonds is 5. The molecule has 96 valence electrons. The maximum atomic E-state index is 11.5. The molecular weight excluding hydrogens is 220 g/mol.